The molecule has 1 amide bonds. The van der Waals surface area contributed by atoms with E-state index in [9.17, 15) is 19.5 Å². The highest BCUT2D eigenvalue weighted by atomic mass is 16.5. The lowest BCUT2D eigenvalue weighted by molar-refractivity contribution is -0.140. The maximum Gasteiger partial charge on any atom is 0.355 e. The first-order valence-electron chi connectivity index (χ1n) is 13.2. The van der Waals surface area contributed by atoms with Crippen molar-refractivity contribution in [2.75, 3.05) is 47.0 Å². The Balaban J connectivity index is 2.21. The number of aromatic nitrogens is 1. The summed E-state index contributed by atoms with van der Waals surface area (Å²) in [5, 5.41) is 11.7. The number of carbonyl (C=O) groups is 3. The van der Waals surface area contributed by atoms with Gasteiger partial charge >= 0.3 is 5.97 Å². The smallest absolute Gasteiger partial charge is 0.355 e. The molecule has 1 fully saturated rings. The van der Waals surface area contributed by atoms with Crippen molar-refractivity contribution in [3.05, 3.63) is 51.9 Å². The predicted molar refractivity (Wildman–Crippen MR) is 147 cm³/mol. The third kappa shape index (κ3) is 5.80. The number of carbonyl (C=O) groups excluding carboxylic acids is 3. The Morgan fingerprint density at radius 3 is 2.38 bits per heavy atom. The zero-order valence-corrected chi connectivity index (χ0v) is 23.8. The number of rotatable bonds is 12. The Morgan fingerprint density at radius 1 is 1.10 bits per heavy atom. The Morgan fingerprint density at radius 2 is 1.79 bits per heavy atom. The Kier molecular flexibility index (Phi) is 9.80. The van der Waals surface area contributed by atoms with E-state index in [2.05, 4.69) is 23.7 Å². The first kappa shape index (κ1) is 29.8. The van der Waals surface area contributed by atoms with Crippen LogP contribution in [-0.2, 0) is 14.3 Å². The van der Waals surface area contributed by atoms with Crippen LogP contribution in [0.4, 0.5) is 0 Å². The molecule has 2 aromatic rings. The van der Waals surface area contributed by atoms with Crippen molar-refractivity contribution in [1.29, 1.82) is 0 Å². The lowest BCUT2D eigenvalue weighted by Crippen LogP contribution is -2.33. The average molecular weight is 542 g/mol. The zero-order chi connectivity index (χ0) is 28.9. The maximum absolute atomic E-state index is 13.6. The van der Waals surface area contributed by atoms with Crippen LogP contribution in [0.1, 0.15) is 66.1 Å². The number of likely N-dealkylation sites (tertiary alicyclic amines) is 1. The number of nitrogens with zero attached hydrogens (tertiary/aromatic N) is 2. The number of Topliss-reactive ketones (excluding diaryl/α,β-unsaturated/α-hetero) is 1. The molecule has 0 spiro atoms. The number of methoxy groups -OCH3 is 2. The van der Waals surface area contributed by atoms with E-state index in [0.29, 0.717) is 41.3 Å². The molecule has 2 heterocycles. The van der Waals surface area contributed by atoms with Gasteiger partial charge in [-0.15, -0.1) is 0 Å². The molecule has 1 aromatic heterocycles. The van der Waals surface area contributed by atoms with Gasteiger partial charge in [0.1, 0.15) is 23.0 Å². The molecule has 10 nitrogen and oxygen atoms in total. The third-order valence-electron chi connectivity index (χ3n) is 7.19. The van der Waals surface area contributed by atoms with Crippen LogP contribution >= 0.6 is 0 Å². The number of nitrogens with one attached hydrogen (secondary N) is 1. The molecule has 1 aliphatic heterocycles. The molecule has 2 N–H and O–H groups in total. The lowest BCUT2D eigenvalue weighted by atomic mass is 9.93. The highest BCUT2D eigenvalue weighted by Gasteiger charge is 2.47. The number of amides is 1. The first-order valence-corrected chi connectivity index (χ1v) is 13.2. The lowest BCUT2D eigenvalue weighted by Gasteiger charge is -2.28. The highest BCUT2D eigenvalue weighted by Crippen LogP contribution is 2.44. The molecular formula is C29H39N3O7. The van der Waals surface area contributed by atoms with Crippen molar-refractivity contribution < 1.29 is 33.7 Å². The van der Waals surface area contributed by atoms with Crippen molar-refractivity contribution in [3.63, 3.8) is 0 Å². The molecule has 1 saturated heterocycles. The monoisotopic (exact) mass is 541 g/mol. The minimum atomic E-state index is -0.925. The molecule has 212 valence electrons. The van der Waals surface area contributed by atoms with Crippen LogP contribution in [0.3, 0.4) is 0 Å². The molecule has 3 rings (SSSR count). The van der Waals surface area contributed by atoms with E-state index in [0.717, 1.165) is 19.6 Å². The topological polar surface area (TPSA) is 121 Å². The van der Waals surface area contributed by atoms with Crippen molar-refractivity contribution in [2.45, 2.75) is 47.1 Å². The summed E-state index contributed by atoms with van der Waals surface area (Å²) in [7, 11) is 3.03. The number of esters is 1. The molecule has 1 unspecified atom stereocenters. The molecule has 1 aliphatic rings. The van der Waals surface area contributed by atoms with Gasteiger partial charge in [0.15, 0.2) is 0 Å². The number of aromatic amines is 1. The molecule has 0 aliphatic carbocycles. The van der Waals surface area contributed by atoms with Gasteiger partial charge in [-0.05, 0) is 70.6 Å². The van der Waals surface area contributed by atoms with Gasteiger partial charge in [0.25, 0.3) is 11.7 Å². The predicted octanol–water partition coefficient (Wildman–Crippen LogP) is 3.98. The summed E-state index contributed by atoms with van der Waals surface area (Å²) in [5.74, 6) is -1.49. The molecule has 0 bridgehead atoms. The number of ether oxygens (including phenoxy) is 3. The van der Waals surface area contributed by atoms with E-state index >= 15 is 0 Å². The Hall–Kier alpha value is -3.79. The van der Waals surface area contributed by atoms with Crippen molar-refractivity contribution in [1.82, 2.24) is 14.8 Å². The minimum absolute atomic E-state index is 0.0741. The summed E-state index contributed by atoms with van der Waals surface area (Å²) in [6.07, 6.45) is 0.632. The van der Waals surface area contributed by atoms with Gasteiger partial charge in [-0.1, -0.05) is 13.8 Å². The summed E-state index contributed by atoms with van der Waals surface area (Å²) >= 11 is 0. The zero-order valence-electron chi connectivity index (χ0n) is 23.8. The fraction of sp³-hybridized carbons (Fsp3) is 0.483. The van der Waals surface area contributed by atoms with E-state index in [-0.39, 0.29) is 29.2 Å². The van der Waals surface area contributed by atoms with Gasteiger partial charge in [0, 0.05) is 23.4 Å². The third-order valence-corrected chi connectivity index (χ3v) is 7.19. The minimum Gasteiger partial charge on any atom is -0.507 e. The summed E-state index contributed by atoms with van der Waals surface area (Å²) in [4.78, 5) is 46.2. The van der Waals surface area contributed by atoms with Crippen molar-refractivity contribution >= 4 is 23.4 Å². The van der Waals surface area contributed by atoms with Gasteiger partial charge in [-0.2, -0.15) is 0 Å². The Labute approximate surface area is 229 Å². The van der Waals surface area contributed by atoms with Crippen LogP contribution in [0.2, 0.25) is 0 Å². The molecule has 1 atom stereocenters. The van der Waals surface area contributed by atoms with Gasteiger partial charge < -0.3 is 34.1 Å². The van der Waals surface area contributed by atoms with Crippen LogP contribution in [0, 0.1) is 13.8 Å². The molecule has 39 heavy (non-hydrogen) atoms. The van der Waals surface area contributed by atoms with Gasteiger partial charge in [-0.25, -0.2) is 4.79 Å². The summed E-state index contributed by atoms with van der Waals surface area (Å²) in [6.45, 7) is 12.2. The van der Waals surface area contributed by atoms with Crippen LogP contribution in [-0.4, -0.2) is 84.6 Å². The SMILES string of the molecule is CCOC(=O)c1[nH]c(C)c(/C(O)=C2\C(=O)C(=O)N(CCCN(CC)CC)C2c2cc(OC)ccc2OC)c1C. The van der Waals surface area contributed by atoms with Gasteiger partial charge in [0.05, 0.1) is 32.4 Å². The summed E-state index contributed by atoms with van der Waals surface area (Å²) < 4.78 is 16.2. The summed E-state index contributed by atoms with van der Waals surface area (Å²) in [6, 6.07) is 4.21. The van der Waals surface area contributed by atoms with E-state index in [4.69, 9.17) is 14.2 Å². The van der Waals surface area contributed by atoms with Gasteiger partial charge in [-0.3, -0.25) is 9.59 Å². The second-order valence-corrected chi connectivity index (χ2v) is 9.33. The number of aliphatic hydroxyl groups is 1. The van der Waals surface area contributed by atoms with E-state index in [1.165, 1.54) is 19.1 Å². The van der Waals surface area contributed by atoms with E-state index < -0.39 is 23.7 Å². The standard InChI is InChI=1S/C29H39N3O7/c1-8-31(9-2)14-11-15-32-25(20-16-19(37-6)12-13-21(20)38-7)23(27(34)28(32)35)26(33)22-17(4)24(30-18(22)5)29(36)39-10-3/h12-13,16,25,30,33H,8-11,14-15H2,1-7H3/b26-23+. The fourth-order valence-electron chi connectivity index (χ4n) is 5.14. The molecular weight excluding hydrogens is 502 g/mol. The number of hydrogen-bond acceptors (Lipinski definition) is 8. The Bertz CT molecular complexity index is 1260. The highest BCUT2D eigenvalue weighted by molar-refractivity contribution is 6.46. The largest absolute Gasteiger partial charge is 0.507 e. The average Bonchev–Trinajstić information content (AvgIpc) is 3.37. The quantitative estimate of drug-likeness (QED) is 0.179. The van der Waals surface area contributed by atoms with Crippen LogP contribution < -0.4 is 9.47 Å². The first-order chi connectivity index (χ1) is 18.6. The fourth-order valence-corrected chi connectivity index (χ4v) is 5.14. The number of hydrogen-bond donors (Lipinski definition) is 2. The maximum atomic E-state index is 13.6. The van der Waals surface area contributed by atoms with Crippen molar-refractivity contribution in [3.8, 4) is 11.5 Å². The number of benzene rings is 1. The van der Waals surface area contributed by atoms with Crippen molar-refractivity contribution in [2.24, 2.45) is 0 Å². The van der Waals surface area contributed by atoms with Crippen LogP contribution in [0.25, 0.3) is 5.76 Å². The molecule has 0 saturated carbocycles. The van der Waals surface area contributed by atoms with E-state index in [1.54, 1.807) is 39.0 Å². The second-order valence-electron chi connectivity index (χ2n) is 9.33. The number of ketones is 1. The molecule has 1 aromatic carbocycles. The van der Waals surface area contributed by atoms with Crippen LogP contribution in [0.5, 0.6) is 11.5 Å². The summed E-state index contributed by atoms with van der Waals surface area (Å²) in [5.41, 5.74) is 1.79. The molecule has 0 radical (unpaired) electrons. The van der Waals surface area contributed by atoms with Gasteiger partial charge in [0.2, 0.25) is 0 Å². The molecule has 10 heteroatoms. The number of H-pyrrole nitrogens is 1. The number of aryl methyl sites for hydroxylation is 1. The number of aliphatic hydroxyl groups excluding tert-OH is 1. The van der Waals surface area contributed by atoms with Crippen LogP contribution in [0.15, 0.2) is 23.8 Å². The normalized spacial score (nSPS) is 16.7. The second kappa shape index (κ2) is 12.8. The van der Waals surface area contributed by atoms with E-state index in [1.807, 2.05) is 0 Å².